The predicted molar refractivity (Wildman–Crippen MR) is 103 cm³/mol. The van der Waals surface area contributed by atoms with Gasteiger partial charge >= 0.3 is 0 Å². The lowest BCUT2D eigenvalue weighted by Gasteiger charge is -2.05. The van der Waals surface area contributed by atoms with Crippen LogP contribution in [-0.4, -0.2) is 41.7 Å². The molecule has 8 nitrogen and oxygen atoms in total. The van der Waals surface area contributed by atoms with Crippen molar-refractivity contribution < 1.29 is 4.79 Å². The molecule has 0 bridgehead atoms. The van der Waals surface area contributed by atoms with E-state index in [-0.39, 0.29) is 0 Å². The molecule has 0 unspecified atom stereocenters. The second-order valence-electron chi connectivity index (χ2n) is 6.16. The Bertz CT molecular complexity index is 1120. The molecule has 3 heterocycles. The van der Waals surface area contributed by atoms with Crippen LogP contribution in [-0.2, 0) is 11.8 Å². The first-order chi connectivity index (χ1) is 13.0. The van der Waals surface area contributed by atoms with Crippen molar-refractivity contribution in [3.8, 4) is 22.5 Å². The van der Waals surface area contributed by atoms with Gasteiger partial charge < -0.3 is 10.1 Å². The molecular formula is C18H16ClN7O. The summed E-state index contributed by atoms with van der Waals surface area (Å²) in [4.78, 5) is 20.2. The zero-order valence-corrected chi connectivity index (χ0v) is 15.4. The molecule has 4 rings (SSSR count). The van der Waals surface area contributed by atoms with Crippen LogP contribution in [0.1, 0.15) is 6.92 Å². The van der Waals surface area contributed by atoms with Gasteiger partial charge in [0, 0.05) is 29.4 Å². The number of hydrogen-bond acceptors (Lipinski definition) is 6. The Kier molecular flexibility index (Phi) is 4.33. The number of anilines is 1. The van der Waals surface area contributed by atoms with Crippen LogP contribution in [0, 0.1) is 0 Å². The van der Waals surface area contributed by atoms with E-state index in [4.69, 9.17) is 16.6 Å². The van der Waals surface area contributed by atoms with Gasteiger partial charge in [0.25, 0.3) is 0 Å². The summed E-state index contributed by atoms with van der Waals surface area (Å²) in [6.07, 6.45) is 6.18. The summed E-state index contributed by atoms with van der Waals surface area (Å²) in [5.41, 5.74) is 3.66. The van der Waals surface area contributed by atoms with Crippen molar-refractivity contribution in [3.05, 3.63) is 47.9 Å². The van der Waals surface area contributed by atoms with Crippen LogP contribution in [0.3, 0.4) is 0 Å². The van der Waals surface area contributed by atoms with E-state index in [0.717, 1.165) is 23.1 Å². The molecule has 27 heavy (non-hydrogen) atoms. The quantitative estimate of drug-likeness (QED) is 0.534. The lowest BCUT2D eigenvalue weighted by Crippen LogP contribution is -2.17. The van der Waals surface area contributed by atoms with E-state index >= 15 is 0 Å². The van der Waals surface area contributed by atoms with E-state index in [9.17, 15) is 4.79 Å². The largest absolute Gasteiger partial charge is 0.344 e. The number of fused-ring (bicyclic) bond motifs is 1. The molecule has 0 radical (unpaired) electrons. The van der Waals surface area contributed by atoms with Crippen molar-refractivity contribution in [1.82, 2.24) is 29.4 Å². The van der Waals surface area contributed by atoms with Crippen LogP contribution >= 0.6 is 11.6 Å². The van der Waals surface area contributed by atoms with Crippen molar-refractivity contribution >= 4 is 29.5 Å². The predicted octanol–water partition coefficient (Wildman–Crippen LogP) is 2.84. The van der Waals surface area contributed by atoms with Crippen LogP contribution in [0.2, 0.25) is 5.02 Å². The number of carbonyl (C=O) groups is 1. The lowest BCUT2D eigenvalue weighted by molar-refractivity contribution is -0.108. The second kappa shape index (κ2) is 6.81. The molecule has 0 aliphatic heterocycles. The number of aryl methyl sites for hydroxylation is 1. The number of nitrogens with one attached hydrogen (secondary N) is 1. The van der Waals surface area contributed by atoms with Gasteiger partial charge in [0.15, 0.2) is 5.65 Å². The van der Waals surface area contributed by atoms with Crippen LogP contribution in [0.4, 0.5) is 5.95 Å². The molecule has 1 aromatic carbocycles. The summed E-state index contributed by atoms with van der Waals surface area (Å²) in [6.45, 7) is 1.73. The average molecular weight is 382 g/mol. The number of hydrogen-bond donors (Lipinski definition) is 1. The maximum absolute atomic E-state index is 10.9. The second-order valence-corrected chi connectivity index (χ2v) is 6.59. The first-order valence-electron chi connectivity index (χ1n) is 8.27. The topological polar surface area (TPSA) is 90.0 Å². The van der Waals surface area contributed by atoms with Crippen LogP contribution < -0.4 is 5.32 Å². The van der Waals surface area contributed by atoms with Crippen molar-refractivity contribution in [2.75, 3.05) is 5.32 Å². The van der Waals surface area contributed by atoms with Gasteiger partial charge in [0.05, 0.1) is 24.1 Å². The SMILES string of the molecule is C[C@@H](C=O)Nc1nc2c(-c3cnn(C)c3)nc(-c3ccc(Cl)cc3)cn2n1. The lowest BCUT2D eigenvalue weighted by atomic mass is 10.1. The van der Waals surface area contributed by atoms with E-state index in [1.807, 2.05) is 37.5 Å². The molecule has 3 aromatic heterocycles. The van der Waals surface area contributed by atoms with Gasteiger partial charge in [0.2, 0.25) is 5.95 Å². The maximum atomic E-state index is 10.9. The molecule has 1 atom stereocenters. The fourth-order valence-electron chi connectivity index (χ4n) is 2.69. The minimum atomic E-state index is -0.395. The number of benzene rings is 1. The smallest absolute Gasteiger partial charge is 0.243 e. The minimum absolute atomic E-state index is 0.356. The Morgan fingerprint density at radius 2 is 1.93 bits per heavy atom. The summed E-state index contributed by atoms with van der Waals surface area (Å²) in [5.74, 6) is 0.356. The molecule has 9 heteroatoms. The van der Waals surface area contributed by atoms with Crippen molar-refractivity contribution in [3.63, 3.8) is 0 Å². The summed E-state index contributed by atoms with van der Waals surface area (Å²) >= 11 is 5.99. The summed E-state index contributed by atoms with van der Waals surface area (Å²) in [5, 5.41) is 12.3. The number of carbonyl (C=O) groups excluding carboxylic acids is 1. The highest BCUT2D eigenvalue weighted by molar-refractivity contribution is 6.30. The van der Waals surface area contributed by atoms with Gasteiger partial charge in [-0.1, -0.05) is 23.7 Å². The molecule has 0 amide bonds. The number of aldehydes is 1. The van der Waals surface area contributed by atoms with Gasteiger partial charge in [-0.2, -0.15) is 10.1 Å². The zero-order chi connectivity index (χ0) is 19.0. The average Bonchev–Trinajstić information content (AvgIpc) is 3.27. The Balaban J connectivity index is 1.90. The van der Waals surface area contributed by atoms with Crippen molar-refractivity contribution in [1.29, 1.82) is 0 Å². The standard InChI is InChI=1S/C18H16ClN7O/c1-11(10-27)21-18-23-17-16(13-7-20-25(2)8-13)22-15(9-26(17)24-18)12-3-5-14(19)6-4-12/h3-11H,1-2H3,(H,21,24)/t11-/m0/s1. The Labute approximate surface area is 159 Å². The third-order valence-electron chi connectivity index (χ3n) is 4.00. The highest BCUT2D eigenvalue weighted by atomic mass is 35.5. The molecule has 0 spiro atoms. The molecule has 1 N–H and O–H groups in total. The van der Waals surface area contributed by atoms with E-state index < -0.39 is 6.04 Å². The van der Waals surface area contributed by atoms with Gasteiger partial charge in [0.1, 0.15) is 12.0 Å². The van der Waals surface area contributed by atoms with Crippen LogP contribution in [0.25, 0.3) is 28.2 Å². The molecule has 136 valence electrons. The molecule has 0 aliphatic carbocycles. The zero-order valence-electron chi connectivity index (χ0n) is 14.7. The minimum Gasteiger partial charge on any atom is -0.344 e. The maximum Gasteiger partial charge on any atom is 0.243 e. The van der Waals surface area contributed by atoms with Crippen LogP contribution in [0.15, 0.2) is 42.9 Å². The highest BCUT2D eigenvalue weighted by Gasteiger charge is 2.16. The first kappa shape index (κ1) is 17.2. The Morgan fingerprint density at radius 1 is 1.15 bits per heavy atom. The van der Waals surface area contributed by atoms with E-state index in [1.165, 1.54) is 0 Å². The molecule has 0 saturated carbocycles. The van der Waals surface area contributed by atoms with Gasteiger partial charge in [-0.15, -0.1) is 5.10 Å². The summed E-state index contributed by atoms with van der Waals surface area (Å²) in [7, 11) is 1.84. The molecule has 0 saturated heterocycles. The van der Waals surface area contributed by atoms with E-state index in [1.54, 1.807) is 28.5 Å². The molecule has 4 aromatic rings. The van der Waals surface area contributed by atoms with E-state index in [0.29, 0.717) is 22.3 Å². The van der Waals surface area contributed by atoms with Gasteiger partial charge in [-0.3, -0.25) is 4.68 Å². The number of nitrogens with zero attached hydrogens (tertiary/aromatic N) is 6. The van der Waals surface area contributed by atoms with Gasteiger partial charge in [-0.25, -0.2) is 9.50 Å². The van der Waals surface area contributed by atoms with Crippen molar-refractivity contribution in [2.24, 2.45) is 7.05 Å². The molecular weight excluding hydrogens is 366 g/mol. The first-order valence-corrected chi connectivity index (χ1v) is 8.65. The molecule has 0 aliphatic rings. The Morgan fingerprint density at radius 3 is 2.59 bits per heavy atom. The highest BCUT2D eigenvalue weighted by Crippen LogP contribution is 2.27. The van der Waals surface area contributed by atoms with E-state index in [2.05, 4.69) is 20.5 Å². The number of halogens is 1. The summed E-state index contributed by atoms with van der Waals surface area (Å²) in [6, 6.07) is 7.02. The Hall–Kier alpha value is -3.26. The third kappa shape index (κ3) is 3.39. The number of rotatable bonds is 5. The monoisotopic (exact) mass is 381 g/mol. The third-order valence-corrected chi connectivity index (χ3v) is 4.25. The molecule has 0 fully saturated rings. The number of aromatic nitrogens is 6. The normalized spacial score (nSPS) is 12.3. The fraction of sp³-hybridized carbons (Fsp3) is 0.167. The van der Waals surface area contributed by atoms with Crippen LogP contribution in [0.5, 0.6) is 0 Å². The summed E-state index contributed by atoms with van der Waals surface area (Å²) < 4.78 is 3.35. The fourth-order valence-corrected chi connectivity index (χ4v) is 2.81. The van der Waals surface area contributed by atoms with Crippen molar-refractivity contribution in [2.45, 2.75) is 13.0 Å². The van der Waals surface area contributed by atoms with Gasteiger partial charge in [-0.05, 0) is 19.1 Å².